The Balaban J connectivity index is 2.32. The number of hydrogen-bond donors (Lipinski definition) is 2. The first kappa shape index (κ1) is 14.7. The SMILES string of the molecule is Nc1ncc([N+](=O)[O-])cc1C(=O)Nc1ccc(F)cc1Cl. The van der Waals surface area contributed by atoms with Gasteiger partial charge in [-0.15, -0.1) is 0 Å². The molecule has 7 nitrogen and oxygen atoms in total. The van der Waals surface area contributed by atoms with E-state index in [4.69, 9.17) is 17.3 Å². The molecule has 2 aromatic rings. The van der Waals surface area contributed by atoms with Gasteiger partial charge in [-0.05, 0) is 18.2 Å². The predicted octanol–water partition coefficient (Wildman–Crippen LogP) is 2.62. The number of rotatable bonds is 3. The molecule has 1 amide bonds. The number of anilines is 2. The molecule has 1 heterocycles. The van der Waals surface area contributed by atoms with Crippen molar-refractivity contribution in [2.75, 3.05) is 11.1 Å². The lowest BCUT2D eigenvalue weighted by Crippen LogP contribution is -2.15. The van der Waals surface area contributed by atoms with Gasteiger partial charge in [-0.1, -0.05) is 11.6 Å². The van der Waals surface area contributed by atoms with Crippen LogP contribution in [0.4, 0.5) is 21.6 Å². The molecule has 0 saturated carbocycles. The summed E-state index contributed by atoms with van der Waals surface area (Å²) in [6.45, 7) is 0. The van der Waals surface area contributed by atoms with E-state index in [0.717, 1.165) is 24.4 Å². The summed E-state index contributed by atoms with van der Waals surface area (Å²) in [6, 6.07) is 4.38. The van der Waals surface area contributed by atoms with Gasteiger partial charge in [0.05, 0.1) is 21.2 Å². The molecule has 0 radical (unpaired) electrons. The number of pyridine rings is 1. The molecule has 0 aliphatic carbocycles. The number of nitro groups is 1. The average Bonchev–Trinajstić information content (AvgIpc) is 2.42. The summed E-state index contributed by atoms with van der Waals surface area (Å²) >= 11 is 5.77. The Morgan fingerprint density at radius 1 is 1.43 bits per heavy atom. The van der Waals surface area contributed by atoms with Crippen molar-refractivity contribution in [2.24, 2.45) is 0 Å². The number of halogens is 2. The number of benzene rings is 1. The molecule has 0 fully saturated rings. The van der Waals surface area contributed by atoms with Crippen molar-refractivity contribution in [3.05, 3.63) is 57.0 Å². The van der Waals surface area contributed by atoms with Crippen molar-refractivity contribution in [2.45, 2.75) is 0 Å². The zero-order chi connectivity index (χ0) is 15.6. The highest BCUT2D eigenvalue weighted by Crippen LogP contribution is 2.24. The zero-order valence-corrected chi connectivity index (χ0v) is 11.1. The van der Waals surface area contributed by atoms with Gasteiger partial charge in [-0.3, -0.25) is 14.9 Å². The molecule has 3 N–H and O–H groups in total. The van der Waals surface area contributed by atoms with E-state index in [1.165, 1.54) is 6.07 Å². The summed E-state index contributed by atoms with van der Waals surface area (Å²) in [5.74, 6) is -1.47. The van der Waals surface area contributed by atoms with Gasteiger partial charge in [0.1, 0.15) is 17.8 Å². The molecule has 21 heavy (non-hydrogen) atoms. The monoisotopic (exact) mass is 310 g/mol. The van der Waals surface area contributed by atoms with E-state index < -0.39 is 16.6 Å². The number of amides is 1. The maximum atomic E-state index is 12.9. The van der Waals surface area contributed by atoms with Gasteiger partial charge in [0.2, 0.25) is 0 Å². The van der Waals surface area contributed by atoms with Crippen LogP contribution in [0.2, 0.25) is 5.02 Å². The van der Waals surface area contributed by atoms with Gasteiger partial charge in [-0.25, -0.2) is 9.37 Å². The lowest BCUT2D eigenvalue weighted by atomic mass is 10.2. The molecule has 0 spiro atoms. The second-order valence-corrected chi connectivity index (χ2v) is 4.37. The molecular formula is C12H8ClFN4O3. The molecule has 0 saturated heterocycles. The number of aromatic nitrogens is 1. The smallest absolute Gasteiger partial charge is 0.288 e. The minimum absolute atomic E-state index is 0.0136. The summed E-state index contributed by atoms with van der Waals surface area (Å²) in [7, 11) is 0. The second kappa shape index (κ2) is 5.71. The summed E-state index contributed by atoms with van der Waals surface area (Å²) in [5.41, 5.74) is 5.11. The fourth-order valence-corrected chi connectivity index (χ4v) is 1.74. The first-order valence-corrected chi connectivity index (χ1v) is 5.92. The van der Waals surface area contributed by atoms with Crippen molar-refractivity contribution >= 4 is 34.7 Å². The fourth-order valence-electron chi connectivity index (χ4n) is 1.53. The Hall–Kier alpha value is -2.74. The van der Waals surface area contributed by atoms with Gasteiger partial charge in [0.25, 0.3) is 11.6 Å². The third kappa shape index (κ3) is 3.23. The molecule has 0 aliphatic rings. The molecular weight excluding hydrogens is 303 g/mol. The number of nitrogens with zero attached hydrogens (tertiary/aromatic N) is 2. The van der Waals surface area contributed by atoms with Crippen LogP contribution >= 0.6 is 11.6 Å². The molecule has 0 aliphatic heterocycles. The van der Waals surface area contributed by atoms with E-state index in [-0.39, 0.29) is 27.8 Å². The van der Waals surface area contributed by atoms with E-state index in [9.17, 15) is 19.3 Å². The summed E-state index contributed by atoms with van der Waals surface area (Å²) < 4.78 is 12.9. The number of carbonyl (C=O) groups excluding carboxylic acids is 1. The Bertz CT molecular complexity index is 738. The first-order valence-electron chi connectivity index (χ1n) is 5.55. The highest BCUT2D eigenvalue weighted by molar-refractivity contribution is 6.34. The van der Waals surface area contributed by atoms with Gasteiger partial charge >= 0.3 is 0 Å². The van der Waals surface area contributed by atoms with Gasteiger partial charge < -0.3 is 11.1 Å². The van der Waals surface area contributed by atoms with Crippen molar-refractivity contribution in [3.63, 3.8) is 0 Å². The summed E-state index contributed by atoms with van der Waals surface area (Å²) in [4.78, 5) is 25.6. The van der Waals surface area contributed by atoms with Crippen LogP contribution in [-0.4, -0.2) is 15.8 Å². The van der Waals surface area contributed by atoms with Crippen LogP contribution in [0.25, 0.3) is 0 Å². The number of carbonyl (C=O) groups is 1. The van der Waals surface area contributed by atoms with Gasteiger partial charge in [0.15, 0.2) is 0 Å². The van der Waals surface area contributed by atoms with E-state index in [1.54, 1.807) is 0 Å². The Morgan fingerprint density at radius 2 is 2.14 bits per heavy atom. The van der Waals surface area contributed by atoms with Crippen LogP contribution in [0.1, 0.15) is 10.4 Å². The second-order valence-electron chi connectivity index (χ2n) is 3.96. The normalized spacial score (nSPS) is 10.2. The van der Waals surface area contributed by atoms with Crippen molar-refractivity contribution in [1.82, 2.24) is 4.98 Å². The molecule has 0 bridgehead atoms. The largest absolute Gasteiger partial charge is 0.383 e. The minimum Gasteiger partial charge on any atom is -0.383 e. The molecule has 1 aromatic carbocycles. The molecule has 0 atom stereocenters. The number of nitrogens with one attached hydrogen (secondary N) is 1. The topological polar surface area (TPSA) is 111 Å². The summed E-state index contributed by atoms with van der Waals surface area (Å²) in [5, 5.41) is 13.0. The maximum absolute atomic E-state index is 12.9. The van der Waals surface area contributed by atoms with Gasteiger partial charge in [-0.2, -0.15) is 0 Å². The average molecular weight is 311 g/mol. The highest BCUT2D eigenvalue weighted by atomic mass is 35.5. The van der Waals surface area contributed by atoms with Crippen LogP contribution in [-0.2, 0) is 0 Å². The van der Waals surface area contributed by atoms with Crippen molar-refractivity contribution in [1.29, 1.82) is 0 Å². The zero-order valence-electron chi connectivity index (χ0n) is 10.3. The Labute approximate surface area is 122 Å². The molecule has 2 rings (SSSR count). The van der Waals surface area contributed by atoms with Crippen LogP contribution in [0.3, 0.4) is 0 Å². The third-order valence-electron chi connectivity index (χ3n) is 2.54. The molecule has 0 unspecified atom stereocenters. The van der Waals surface area contributed by atoms with Crippen LogP contribution in [0.5, 0.6) is 0 Å². The Morgan fingerprint density at radius 3 is 2.76 bits per heavy atom. The minimum atomic E-state index is -0.739. The summed E-state index contributed by atoms with van der Waals surface area (Å²) in [6.07, 6.45) is 0.941. The lowest BCUT2D eigenvalue weighted by molar-refractivity contribution is -0.385. The first-order chi connectivity index (χ1) is 9.88. The maximum Gasteiger partial charge on any atom is 0.288 e. The van der Waals surface area contributed by atoms with Crippen LogP contribution in [0.15, 0.2) is 30.5 Å². The molecule has 1 aromatic heterocycles. The molecule has 9 heteroatoms. The fraction of sp³-hybridized carbons (Fsp3) is 0. The van der Waals surface area contributed by atoms with Crippen LogP contribution < -0.4 is 11.1 Å². The van der Waals surface area contributed by atoms with Crippen LogP contribution in [0, 0.1) is 15.9 Å². The lowest BCUT2D eigenvalue weighted by Gasteiger charge is -2.08. The van der Waals surface area contributed by atoms with E-state index in [0.29, 0.717) is 0 Å². The number of nitrogen functional groups attached to an aromatic ring is 1. The quantitative estimate of drug-likeness (QED) is 0.668. The van der Waals surface area contributed by atoms with E-state index in [2.05, 4.69) is 10.3 Å². The number of nitrogens with two attached hydrogens (primary N) is 1. The Kier molecular flexibility index (Phi) is 3.99. The third-order valence-corrected chi connectivity index (χ3v) is 2.85. The predicted molar refractivity (Wildman–Crippen MR) is 74.7 cm³/mol. The highest BCUT2D eigenvalue weighted by Gasteiger charge is 2.17. The van der Waals surface area contributed by atoms with E-state index >= 15 is 0 Å². The standard InChI is InChI=1S/C12H8ClFN4O3/c13-9-3-6(14)1-2-10(9)17-12(19)8-4-7(18(20)21)5-16-11(8)15/h1-5H,(H2,15,16)(H,17,19). The molecule has 108 valence electrons. The van der Waals surface area contributed by atoms with Gasteiger partial charge in [0, 0.05) is 6.07 Å². The number of hydrogen-bond acceptors (Lipinski definition) is 5. The van der Waals surface area contributed by atoms with Crippen molar-refractivity contribution < 1.29 is 14.1 Å². The van der Waals surface area contributed by atoms with Crippen molar-refractivity contribution in [3.8, 4) is 0 Å². The van der Waals surface area contributed by atoms with E-state index in [1.807, 2.05) is 0 Å².